The molecule has 0 aromatic carbocycles. The number of aliphatic carboxylic acids is 1. The Morgan fingerprint density at radius 2 is 2.00 bits per heavy atom. The van der Waals surface area contributed by atoms with Gasteiger partial charge in [-0.25, -0.2) is 0 Å². The van der Waals surface area contributed by atoms with Crippen molar-refractivity contribution in [2.45, 2.75) is 39.7 Å². The number of rotatable bonds is 5. The van der Waals surface area contributed by atoms with E-state index in [2.05, 4.69) is 6.92 Å². The van der Waals surface area contributed by atoms with E-state index in [0.29, 0.717) is 12.5 Å². The SMILES string of the molecule is CC1CC1C(=O)N(CCC(=O)O)C(C)C. The van der Waals surface area contributed by atoms with Crippen molar-refractivity contribution in [1.82, 2.24) is 4.90 Å². The van der Waals surface area contributed by atoms with Crippen molar-refractivity contribution >= 4 is 11.9 Å². The monoisotopic (exact) mass is 213 g/mol. The van der Waals surface area contributed by atoms with Crippen LogP contribution < -0.4 is 0 Å². The van der Waals surface area contributed by atoms with E-state index in [1.807, 2.05) is 13.8 Å². The van der Waals surface area contributed by atoms with Crippen molar-refractivity contribution in [1.29, 1.82) is 0 Å². The van der Waals surface area contributed by atoms with Gasteiger partial charge in [0.25, 0.3) is 0 Å². The maximum absolute atomic E-state index is 11.9. The van der Waals surface area contributed by atoms with E-state index >= 15 is 0 Å². The molecular weight excluding hydrogens is 194 g/mol. The predicted octanol–water partition coefficient (Wildman–Crippen LogP) is 1.35. The summed E-state index contributed by atoms with van der Waals surface area (Å²) in [5.74, 6) is -0.110. The fourth-order valence-corrected chi connectivity index (χ4v) is 1.72. The first-order chi connectivity index (χ1) is 6.93. The lowest BCUT2D eigenvalue weighted by atomic mass is 10.2. The highest BCUT2D eigenvalue weighted by Gasteiger charge is 2.41. The summed E-state index contributed by atoms with van der Waals surface area (Å²) in [5.41, 5.74) is 0. The molecule has 4 heteroatoms. The van der Waals surface area contributed by atoms with Crippen molar-refractivity contribution in [2.24, 2.45) is 11.8 Å². The highest BCUT2D eigenvalue weighted by Crippen LogP contribution is 2.39. The van der Waals surface area contributed by atoms with Crippen LogP contribution in [-0.2, 0) is 9.59 Å². The summed E-state index contributed by atoms with van der Waals surface area (Å²) < 4.78 is 0. The Morgan fingerprint density at radius 1 is 1.47 bits per heavy atom. The molecule has 4 nitrogen and oxygen atoms in total. The normalized spacial score (nSPS) is 24.0. The fraction of sp³-hybridized carbons (Fsp3) is 0.818. The molecule has 0 aliphatic heterocycles. The summed E-state index contributed by atoms with van der Waals surface area (Å²) in [6.07, 6.45) is 0.986. The highest BCUT2D eigenvalue weighted by molar-refractivity contribution is 5.82. The number of amides is 1. The van der Waals surface area contributed by atoms with E-state index in [4.69, 9.17) is 5.11 Å². The second-order valence-corrected chi connectivity index (χ2v) is 4.59. The number of carbonyl (C=O) groups excluding carboxylic acids is 1. The van der Waals surface area contributed by atoms with Gasteiger partial charge in [-0.3, -0.25) is 9.59 Å². The van der Waals surface area contributed by atoms with Gasteiger partial charge in [-0.15, -0.1) is 0 Å². The van der Waals surface area contributed by atoms with Crippen molar-refractivity contribution in [3.8, 4) is 0 Å². The Labute approximate surface area is 90.3 Å². The lowest BCUT2D eigenvalue weighted by Crippen LogP contribution is -2.39. The molecule has 0 aromatic rings. The predicted molar refractivity (Wildman–Crippen MR) is 56.4 cm³/mol. The molecule has 2 unspecified atom stereocenters. The summed E-state index contributed by atoms with van der Waals surface area (Å²) in [6, 6.07) is 0.0876. The number of nitrogens with zero attached hydrogens (tertiary/aromatic N) is 1. The van der Waals surface area contributed by atoms with E-state index in [1.54, 1.807) is 4.90 Å². The first-order valence-corrected chi connectivity index (χ1v) is 5.45. The van der Waals surface area contributed by atoms with Crippen molar-refractivity contribution in [2.75, 3.05) is 6.54 Å². The van der Waals surface area contributed by atoms with Crippen LogP contribution in [0, 0.1) is 11.8 Å². The Kier molecular flexibility index (Phi) is 3.72. The van der Waals surface area contributed by atoms with Gasteiger partial charge < -0.3 is 10.0 Å². The van der Waals surface area contributed by atoms with E-state index in [1.165, 1.54) is 0 Å². The third-order valence-electron chi connectivity index (χ3n) is 2.90. The fourth-order valence-electron chi connectivity index (χ4n) is 1.72. The quantitative estimate of drug-likeness (QED) is 0.750. The summed E-state index contributed by atoms with van der Waals surface area (Å²) in [5, 5.41) is 8.59. The smallest absolute Gasteiger partial charge is 0.305 e. The van der Waals surface area contributed by atoms with Gasteiger partial charge in [-0.2, -0.15) is 0 Å². The molecule has 0 saturated heterocycles. The summed E-state index contributed by atoms with van der Waals surface area (Å²) >= 11 is 0. The lowest BCUT2D eigenvalue weighted by Gasteiger charge is -2.26. The molecule has 1 aliphatic rings. The van der Waals surface area contributed by atoms with E-state index in [-0.39, 0.29) is 24.3 Å². The van der Waals surface area contributed by atoms with E-state index < -0.39 is 5.97 Å². The van der Waals surface area contributed by atoms with Gasteiger partial charge in [-0.1, -0.05) is 6.92 Å². The van der Waals surface area contributed by atoms with Crippen LogP contribution in [0.1, 0.15) is 33.6 Å². The second kappa shape index (κ2) is 4.64. The first-order valence-electron chi connectivity index (χ1n) is 5.45. The summed E-state index contributed by atoms with van der Waals surface area (Å²) in [4.78, 5) is 24.0. The van der Waals surface area contributed by atoms with Crippen molar-refractivity contribution in [3.05, 3.63) is 0 Å². The third kappa shape index (κ3) is 3.22. The molecule has 0 aromatic heterocycles. The summed E-state index contributed by atoms with van der Waals surface area (Å²) in [7, 11) is 0. The zero-order valence-corrected chi connectivity index (χ0v) is 9.56. The average Bonchev–Trinajstić information content (AvgIpc) is 2.81. The molecule has 0 radical (unpaired) electrons. The number of carbonyl (C=O) groups is 2. The zero-order chi connectivity index (χ0) is 11.6. The number of carboxylic acids is 1. The van der Waals surface area contributed by atoms with Crippen LogP contribution in [0.5, 0.6) is 0 Å². The standard InChI is InChI=1S/C11H19NO3/c1-7(2)12(5-4-10(13)14)11(15)9-6-8(9)3/h7-9H,4-6H2,1-3H3,(H,13,14). The minimum atomic E-state index is -0.850. The van der Waals surface area contributed by atoms with Gasteiger partial charge >= 0.3 is 5.97 Å². The van der Waals surface area contributed by atoms with Crippen LogP contribution >= 0.6 is 0 Å². The van der Waals surface area contributed by atoms with Crippen LogP contribution in [0.15, 0.2) is 0 Å². The molecule has 0 heterocycles. The zero-order valence-electron chi connectivity index (χ0n) is 9.56. The van der Waals surface area contributed by atoms with Gasteiger partial charge in [0, 0.05) is 18.5 Å². The van der Waals surface area contributed by atoms with E-state index in [0.717, 1.165) is 6.42 Å². The molecule has 15 heavy (non-hydrogen) atoms. The van der Waals surface area contributed by atoms with Crippen LogP contribution in [0.3, 0.4) is 0 Å². The Morgan fingerprint density at radius 3 is 2.33 bits per heavy atom. The summed E-state index contributed by atoms with van der Waals surface area (Å²) in [6.45, 7) is 6.23. The largest absolute Gasteiger partial charge is 0.481 e. The number of hydrogen-bond acceptors (Lipinski definition) is 2. The third-order valence-corrected chi connectivity index (χ3v) is 2.90. The lowest BCUT2D eigenvalue weighted by molar-refractivity contribution is -0.139. The van der Waals surface area contributed by atoms with Gasteiger partial charge in [0.05, 0.1) is 6.42 Å². The molecule has 0 bridgehead atoms. The molecule has 1 fully saturated rings. The van der Waals surface area contributed by atoms with Gasteiger partial charge in [0.15, 0.2) is 0 Å². The number of hydrogen-bond donors (Lipinski definition) is 1. The van der Waals surface area contributed by atoms with Gasteiger partial charge in [-0.05, 0) is 26.2 Å². The van der Waals surface area contributed by atoms with Crippen molar-refractivity contribution < 1.29 is 14.7 Å². The molecule has 1 saturated carbocycles. The molecule has 1 aliphatic carbocycles. The minimum absolute atomic E-state index is 0.0328. The molecule has 1 rings (SSSR count). The minimum Gasteiger partial charge on any atom is -0.481 e. The van der Waals surface area contributed by atoms with E-state index in [9.17, 15) is 9.59 Å². The van der Waals surface area contributed by atoms with Crippen LogP contribution in [-0.4, -0.2) is 34.5 Å². The molecule has 2 atom stereocenters. The van der Waals surface area contributed by atoms with Crippen LogP contribution in [0.4, 0.5) is 0 Å². The van der Waals surface area contributed by atoms with Crippen LogP contribution in [0.25, 0.3) is 0 Å². The second-order valence-electron chi connectivity index (χ2n) is 4.59. The molecule has 86 valence electrons. The highest BCUT2D eigenvalue weighted by atomic mass is 16.4. The maximum atomic E-state index is 11.9. The van der Waals surface area contributed by atoms with Gasteiger partial charge in [0.2, 0.25) is 5.91 Å². The Balaban J connectivity index is 2.49. The average molecular weight is 213 g/mol. The van der Waals surface area contributed by atoms with Crippen molar-refractivity contribution in [3.63, 3.8) is 0 Å². The number of carboxylic acid groups (broad SMARTS) is 1. The molecule has 0 spiro atoms. The molecule has 1 N–H and O–H groups in total. The maximum Gasteiger partial charge on any atom is 0.305 e. The molecular formula is C11H19NO3. The first kappa shape index (κ1) is 12.0. The van der Waals surface area contributed by atoms with Gasteiger partial charge in [0.1, 0.15) is 0 Å². The Hall–Kier alpha value is -1.06. The van der Waals surface area contributed by atoms with Crippen LogP contribution in [0.2, 0.25) is 0 Å². The Bertz CT molecular complexity index is 263. The molecule has 1 amide bonds. The topological polar surface area (TPSA) is 57.6 Å².